The van der Waals surface area contributed by atoms with Crippen LogP contribution in [0.5, 0.6) is 0 Å². The number of aliphatic carboxylic acids is 1. The van der Waals surface area contributed by atoms with Gasteiger partial charge in [-0.05, 0) is 18.9 Å². The van der Waals surface area contributed by atoms with Gasteiger partial charge < -0.3 is 10.8 Å². The Labute approximate surface area is 90.5 Å². The monoisotopic (exact) mass is 231 g/mol. The fraction of sp³-hybridized carbons (Fsp3) is 0.444. The van der Waals surface area contributed by atoms with Crippen LogP contribution < -0.4 is 5.73 Å². The molecule has 2 rings (SSSR count). The molecule has 0 atom stereocenters. The van der Waals surface area contributed by atoms with E-state index in [0.29, 0.717) is 17.9 Å². The van der Waals surface area contributed by atoms with E-state index in [1.54, 1.807) is 11.4 Å². The van der Waals surface area contributed by atoms with Gasteiger partial charge in [-0.3, -0.25) is 4.79 Å². The highest BCUT2D eigenvalue weighted by Crippen LogP contribution is 2.46. The molecule has 0 radical (unpaired) electrons. The molecule has 0 aliphatic heterocycles. The van der Waals surface area contributed by atoms with Gasteiger partial charge in [-0.2, -0.15) is 0 Å². The van der Waals surface area contributed by atoms with Crippen molar-refractivity contribution >= 4 is 28.9 Å². The second-order valence-corrected chi connectivity index (χ2v) is 5.03. The number of hydrogen-bond donors (Lipinski definition) is 2. The first-order valence-corrected chi connectivity index (χ1v) is 5.54. The zero-order valence-corrected chi connectivity index (χ0v) is 8.94. The molecule has 0 spiro atoms. The van der Waals surface area contributed by atoms with Gasteiger partial charge in [0.2, 0.25) is 0 Å². The highest BCUT2D eigenvalue weighted by Gasteiger charge is 2.51. The minimum atomic E-state index is -0.794. The van der Waals surface area contributed by atoms with Crippen molar-refractivity contribution in [2.45, 2.75) is 24.3 Å². The van der Waals surface area contributed by atoms with Crippen LogP contribution in [0.1, 0.15) is 17.7 Å². The number of carboxylic acids is 1. The van der Waals surface area contributed by atoms with E-state index < -0.39 is 11.4 Å². The van der Waals surface area contributed by atoms with E-state index in [1.807, 2.05) is 0 Å². The van der Waals surface area contributed by atoms with Crippen molar-refractivity contribution < 1.29 is 9.90 Å². The third-order valence-electron chi connectivity index (χ3n) is 2.67. The first kappa shape index (κ1) is 9.96. The molecule has 1 aliphatic rings. The quantitative estimate of drug-likeness (QED) is 0.817. The Hall–Kier alpha value is -0.580. The number of thiophene rings is 1. The van der Waals surface area contributed by atoms with Crippen LogP contribution in [0.15, 0.2) is 11.4 Å². The molecule has 0 bridgehead atoms. The van der Waals surface area contributed by atoms with Crippen molar-refractivity contribution in [3.05, 3.63) is 21.3 Å². The average Bonchev–Trinajstić information content (AvgIpc) is 2.45. The zero-order chi connectivity index (χ0) is 10.3. The second-order valence-electron chi connectivity index (χ2n) is 3.68. The van der Waals surface area contributed by atoms with E-state index in [2.05, 4.69) is 0 Å². The SMILES string of the molecule is NC1CC(C(=O)O)(c2cc(Cl)cs2)C1. The van der Waals surface area contributed by atoms with E-state index in [9.17, 15) is 9.90 Å². The van der Waals surface area contributed by atoms with Crippen molar-refractivity contribution in [1.82, 2.24) is 0 Å². The predicted molar refractivity (Wildman–Crippen MR) is 55.9 cm³/mol. The highest BCUT2D eigenvalue weighted by molar-refractivity contribution is 7.10. The lowest BCUT2D eigenvalue weighted by molar-refractivity contribution is -0.148. The molecular weight excluding hydrogens is 222 g/mol. The normalized spacial score (nSPS) is 31.1. The van der Waals surface area contributed by atoms with Gasteiger partial charge in [-0.15, -0.1) is 11.3 Å². The molecular formula is C9H10ClNO2S. The maximum atomic E-state index is 11.2. The number of rotatable bonds is 2. The average molecular weight is 232 g/mol. The van der Waals surface area contributed by atoms with E-state index >= 15 is 0 Å². The topological polar surface area (TPSA) is 63.3 Å². The van der Waals surface area contributed by atoms with E-state index in [0.717, 1.165) is 4.88 Å². The summed E-state index contributed by atoms with van der Waals surface area (Å²) in [5, 5.41) is 11.5. The first-order chi connectivity index (χ1) is 6.54. The first-order valence-electron chi connectivity index (χ1n) is 4.28. The van der Waals surface area contributed by atoms with E-state index in [1.165, 1.54) is 11.3 Å². The minimum absolute atomic E-state index is 0.00646. The van der Waals surface area contributed by atoms with Crippen molar-refractivity contribution in [2.75, 3.05) is 0 Å². The van der Waals surface area contributed by atoms with Crippen LogP contribution in [-0.2, 0) is 10.2 Å². The van der Waals surface area contributed by atoms with Crippen molar-refractivity contribution in [1.29, 1.82) is 0 Å². The van der Waals surface area contributed by atoms with Gasteiger partial charge in [0.05, 0.1) is 5.02 Å². The molecule has 14 heavy (non-hydrogen) atoms. The summed E-state index contributed by atoms with van der Waals surface area (Å²) >= 11 is 7.17. The van der Waals surface area contributed by atoms with Gasteiger partial charge in [0.1, 0.15) is 5.41 Å². The summed E-state index contributed by atoms with van der Waals surface area (Å²) in [7, 11) is 0. The summed E-state index contributed by atoms with van der Waals surface area (Å²) in [4.78, 5) is 12.0. The number of hydrogen-bond acceptors (Lipinski definition) is 3. The Morgan fingerprint density at radius 2 is 2.36 bits per heavy atom. The molecule has 76 valence electrons. The Morgan fingerprint density at radius 1 is 1.71 bits per heavy atom. The molecule has 0 saturated heterocycles. The van der Waals surface area contributed by atoms with Crippen LogP contribution in [-0.4, -0.2) is 17.1 Å². The van der Waals surface area contributed by atoms with Gasteiger partial charge in [-0.1, -0.05) is 11.6 Å². The lowest BCUT2D eigenvalue weighted by Gasteiger charge is -2.41. The predicted octanol–water partition coefficient (Wildman–Crippen LogP) is 1.84. The molecule has 1 aromatic rings. The maximum Gasteiger partial charge on any atom is 0.315 e. The zero-order valence-electron chi connectivity index (χ0n) is 7.37. The second kappa shape index (κ2) is 3.22. The van der Waals surface area contributed by atoms with Crippen molar-refractivity contribution in [3.63, 3.8) is 0 Å². The molecule has 0 aromatic carbocycles. The Balaban J connectivity index is 2.34. The largest absolute Gasteiger partial charge is 0.481 e. The molecule has 3 nitrogen and oxygen atoms in total. The fourth-order valence-corrected chi connectivity index (χ4v) is 3.17. The smallest absolute Gasteiger partial charge is 0.315 e. The summed E-state index contributed by atoms with van der Waals surface area (Å²) in [6, 6.07) is 1.73. The molecule has 1 fully saturated rings. The Kier molecular flexibility index (Phi) is 2.29. The molecule has 1 saturated carbocycles. The Morgan fingerprint density at radius 3 is 2.71 bits per heavy atom. The third kappa shape index (κ3) is 1.34. The lowest BCUT2D eigenvalue weighted by atomic mass is 9.65. The van der Waals surface area contributed by atoms with E-state index in [-0.39, 0.29) is 6.04 Å². The van der Waals surface area contributed by atoms with Gasteiger partial charge in [0.25, 0.3) is 0 Å². The third-order valence-corrected chi connectivity index (χ3v) is 4.15. The van der Waals surface area contributed by atoms with E-state index in [4.69, 9.17) is 17.3 Å². The van der Waals surface area contributed by atoms with Gasteiger partial charge in [0, 0.05) is 16.3 Å². The summed E-state index contributed by atoms with van der Waals surface area (Å²) in [6.45, 7) is 0. The van der Waals surface area contributed by atoms with Crippen molar-refractivity contribution in [2.24, 2.45) is 5.73 Å². The van der Waals surface area contributed by atoms with Crippen LogP contribution >= 0.6 is 22.9 Å². The molecule has 3 N–H and O–H groups in total. The van der Waals surface area contributed by atoms with Crippen LogP contribution in [0.4, 0.5) is 0 Å². The molecule has 0 unspecified atom stereocenters. The summed E-state index contributed by atoms with van der Waals surface area (Å²) in [6.07, 6.45) is 1.03. The molecule has 5 heteroatoms. The molecule has 1 heterocycles. The Bertz CT molecular complexity index is 371. The molecule has 1 aromatic heterocycles. The highest BCUT2D eigenvalue weighted by atomic mass is 35.5. The standard InChI is InChI=1S/C9H10ClNO2S/c10-5-1-7(14-4-5)9(8(12)13)2-6(11)3-9/h1,4,6H,2-3,11H2,(H,12,13). The minimum Gasteiger partial charge on any atom is -0.481 e. The number of nitrogens with two attached hydrogens (primary N) is 1. The number of carbonyl (C=O) groups is 1. The van der Waals surface area contributed by atoms with Crippen LogP contribution in [0.2, 0.25) is 5.02 Å². The molecule has 1 aliphatic carbocycles. The van der Waals surface area contributed by atoms with Gasteiger partial charge >= 0.3 is 5.97 Å². The van der Waals surface area contributed by atoms with Crippen LogP contribution in [0.3, 0.4) is 0 Å². The number of carboxylic acid groups (broad SMARTS) is 1. The molecule has 0 amide bonds. The van der Waals surface area contributed by atoms with Gasteiger partial charge in [-0.25, -0.2) is 0 Å². The number of halogens is 1. The summed E-state index contributed by atoms with van der Waals surface area (Å²) < 4.78 is 0. The lowest BCUT2D eigenvalue weighted by Crippen LogP contribution is -2.53. The van der Waals surface area contributed by atoms with Crippen LogP contribution in [0, 0.1) is 0 Å². The van der Waals surface area contributed by atoms with Crippen molar-refractivity contribution in [3.8, 4) is 0 Å². The fourth-order valence-electron chi connectivity index (χ4n) is 1.88. The van der Waals surface area contributed by atoms with Crippen LogP contribution in [0.25, 0.3) is 0 Å². The summed E-state index contributed by atoms with van der Waals surface area (Å²) in [5.74, 6) is -0.794. The maximum absolute atomic E-state index is 11.2. The van der Waals surface area contributed by atoms with Gasteiger partial charge in [0.15, 0.2) is 0 Å². The summed E-state index contributed by atoms with van der Waals surface area (Å²) in [5.41, 5.74) is 4.88.